The molecule has 1 N–H and O–H groups in total. The molecule has 1 saturated heterocycles. The number of benzene rings is 1. The molecule has 1 aliphatic rings. The van der Waals surface area contributed by atoms with Gasteiger partial charge in [-0.25, -0.2) is 9.37 Å². The molecule has 2 heterocycles. The van der Waals surface area contributed by atoms with Gasteiger partial charge in [0.15, 0.2) is 0 Å². The van der Waals surface area contributed by atoms with Crippen molar-refractivity contribution in [1.29, 1.82) is 0 Å². The van der Waals surface area contributed by atoms with Gasteiger partial charge >= 0.3 is 0 Å². The zero-order valence-electron chi connectivity index (χ0n) is 13.2. The number of aliphatic hydroxyl groups is 1. The average molecular weight is 346 g/mol. The highest BCUT2D eigenvalue weighted by Gasteiger charge is 2.24. The molecule has 0 radical (unpaired) electrons. The Balaban J connectivity index is 1.70. The van der Waals surface area contributed by atoms with Crippen molar-refractivity contribution in [3.05, 3.63) is 59.5 Å². The summed E-state index contributed by atoms with van der Waals surface area (Å²) in [5.41, 5.74) is 1.56. The molecule has 6 heteroatoms. The number of hydrogen-bond acceptors (Lipinski definition) is 4. The van der Waals surface area contributed by atoms with E-state index in [9.17, 15) is 14.3 Å². The molecule has 0 bridgehead atoms. The Labute approximate surface area is 144 Å². The SMILES string of the molecule is O=C(c1cccnc1SCc1ccc(F)cc1)N1CCC(O)CC1. The normalized spacial score (nSPS) is 15.5. The van der Waals surface area contributed by atoms with Crippen molar-refractivity contribution >= 4 is 17.7 Å². The third-order valence-electron chi connectivity index (χ3n) is 4.04. The Morgan fingerprint density at radius 2 is 1.96 bits per heavy atom. The second-order valence-electron chi connectivity index (χ2n) is 5.79. The van der Waals surface area contributed by atoms with E-state index in [0.29, 0.717) is 42.3 Å². The molecule has 24 heavy (non-hydrogen) atoms. The van der Waals surface area contributed by atoms with Crippen LogP contribution in [0.2, 0.25) is 0 Å². The van der Waals surface area contributed by atoms with Crippen molar-refractivity contribution in [3.63, 3.8) is 0 Å². The number of pyridine rings is 1. The first-order valence-corrected chi connectivity index (χ1v) is 8.91. The minimum Gasteiger partial charge on any atom is -0.393 e. The minimum atomic E-state index is -0.310. The van der Waals surface area contributed by atoms with Crippen LogP contribution in [0, 0.1) is 5.82 Å². The highest BCUT2D eigenvalue weighted by Crippen LogP contribution is 2.26. The molecule has 1 aromatic heterocycles. The van der Waals surface area contributed by atoms with E-state index in [1.165, 1.54) is 23.9 Å². The number of carbonyl (C=O) groups is 1. The third kappa shape index (κ3) is 4.13. The Morgan fingerprint density at radius 3 is 2.67 bits per heavy atom. The van der Waals surface area contributed by atoms with Crippen LogP contribution >= 0.6 is 11.8 Å². The van der Waals surface area contributed by atoms with Gasteiger partial charge < -0.3 is 10.0 Å². The first-order chi connectivity index (χ1) is 11.6. The highest BCUT2D eigenvalue weighted by molar-refractivity contribution is 7.98. The van der Waals surface area contributed by atoms with Gasteiger partial charge in [0.1, 0.15) is 10.8 Å². The number of piperidine rings is 1. The van der Waals surface area contributed by atoms with Crippen LogP contribution in [0.3, 0.4) is 0 Å². The van der Waals surface area contributed by atoms with E-state index in [4.69, 9.17) is 0 Å². The van der Waals surface area contributed by atoms with Crippen LogP contribution in [0.1, 0.15) is 28.8 Å². The van der Waals surface area contributed by atoms with E-state index in [2.05, 4.69) is 4.98 Å². The van der Waals surface area contributed by atoms with Crippen LogP contribution in [0.25, 0.3) is 0 Å². The van der Waals surface area contributed by atoms with Crippen LogP contribution in [0.5, 0.6) is 0 Å². The molecule has 0 unspecified atom stereocenters. The summed E-state index contributed by atoms with van der Waals surface area (Å²) in [5, 5.41) is 10.3. The lowest BCUT2D eigenvalue weighted by Gasteiger charge is -2.30. The largest absolute Gasteiger partial charge is 0.393 e. The molecule has 1 aromatic carbocycles. The van der Waals surface area contributed by atoms with Crippen LogP contribution in [0.4, 0.5) is 4.39 Å². The smallest absolute Gasteiger partial charge is 0.256 e. The number of amides is 1. The summed E-state index contributed by atoms with van der Waals surface area (Å²) in [4.78, 5) is 18.8. The molecule has 2 aromatic rings. The molecule has 0 saturated carbocycles. The Hall–Kier alpha value is -1.92. The van der Waals surface area contributed by atoms with Crippen molar-refractivity contribution in [2.24, 2.45) is 0 Å². The maximum atomic E-state index is 13.0. The fourth-order valence-electron chi connectivity index (χ4n) is 2.64. The van der Waals surface area contributed by atoms with Crippen molar-refractivity contribution in [1.82, 2.24) is 9.88 Å². The van der Waals surface area contributed by atoms with Crippen molar-refractivity contribution in [2.75, 3.05) is 13.1 Å². The Morgan fingerprint density at radius 1 is 1.25 bits per heavy atom. The number of aliphatic hydroxyl groups excluding tert-OH is 1. The van der Waals surface area contributed by atoms with Crippen molar-refractivity contribution in [2.45, 2.75) is 29.7 Å². The van der Waals surface area contributed by atoms with E-state index in [1.807, 2.05) is 0 Å². The Kier molecular flexibility index (Phi) is 5.48. The van der Waals surface area contributed by atoms with Crippen LogP contribution in [0.15, 0.2) is 47.6 Å². The fraction of sp³-hybridized carbons (Fsp3) is 0.333. The quantitative estimate of drug-likeness (QED) is 0.865. The van der Waals surface area contributed by atoms with Gasteiger partial charge in [0.2, 0.25) is 0 Å². The van der Waals surface area contributed by atoms with E-state index in [0.717, 1.165) is 5.56 Å². The monoisotopic (exact) mass is 346 g/mol. The number of rotatable bonds is 4. The molecule has 1 amide bonds. The third-order valence-corrected chi connectivity index (χ3v) is 5.12. The molecule has 0 aliphatic carbocycles. The second kappa shape index (κ2) is 7.77. The summed E-state index contributed by atoms with van der Waals surface area (Å²) in [6, 6.07) is 9.87. The maximum absolute atomic E-state index is 13.0. The summed E-state index contributed by atoms with van der Waals surface area (Å²) in [5.74, 6) is 0.317. The number of aromatic nitrogens is 1. The predicted octanol–water partition coefficient (Wildman–Crippen LogP) is 3.11. The standard InChI is InChI=1S/C18H19FN2O2S/c19-14-5-3-13(4-6-14)12-24-17-16(2-1-9-20-17)18(23)21-10-7-15(22)8-11-21/h1-6,9,15,22H,7-8,10-12H2. The van der Waals surface area contributed by atoms with Gasteiger partial charge in [-0.15, -0.1) is 11.8 Å². The molecule has 4 nitrogen and oxygen atoms in total. The lowest BCUT2D eigenvalue weighted by atomic mass is 10.1. The van der Waals surface area contributed by atoms with Crippen LogP contribution < -0.4 is 0 Å². The number of hydrogen-bond donors (Lipinski definition) is 1. The van der Waals surface area contributed by atoms with Crippen LogP contribution in [-0.2, 0) is 5.75 Å². The second-order valence-corrected chi connectivity index (χ2v) is 6.76. The van der Waals surface area contributed by atoms with E-state index < -0.39 is 0 Å². The number of halogens is 1. The molecule has 1 fully saturated rings. The predicted molar refractivity (Wildman–Crippen MR) is 91.3 cm³/mol. The van der Waals surface area contributed by atoms with Gasteiger partial charge in [0.25, 0.3) is 5.91 Å². The molecule has 126 valence electrons. The van der Waals surface area contributed by atoms with Crippen molar-refractivity contribution < 1.29 is 14.3 Å². The zero-order chi connectivity index (χ0) is 16.9. The van der Waals surface area contributed by atoms with Gasteiger partial charge in [0.05, 0.1) is 11.7 Å². The lowest BCUT2D eigenvalue weighted by Crippen LogP contribution is -2.40. The molecular formula is C18H19FN2O2S. The van der Waals surface area contributed by atoms with E-state index in [1.54, 1.807) is 35.4 Å². The Bertz CT molecular complexity index is 700. The lowest BCUT2D eigenvalue weighted by molar-refractivity contribution is 0.0543. The van der Waals surface area contributed by atoms with Gasteiger partial charge in [-0.3, -0.25) is 4.79 Å². The molecule has 1 aliphatic heterocycles. The van der Waals surface area contributed by atoms with Crippen molar-refractivity contribution in [3.8, 4) is 0 Å². The van der Waals surface area contributed by atoms with E-state index >= 15 is 0 Å². The molecule has 3 rings (SSSR count). The molecule has 0 spiro atoms. The zero-order valence-corrected chi connectivity index (χ0v) is 14.0. The van der Waals surface area contributed by atoms with Gasteiger partial charge in [-0.05, 0) is 42.7 Å². The molecular weight excluding hydrogens is 327 g/mol. The summed E-state index contributed by atoms with van der Waals surface area (Å²) in [6.45, 7) is 1.13. The van der Waals surface area contributed by atoms with E-state index in [-0.39, 0.29) is 17.8 Å². The summed E-state index contributed by atoms with van der Waals surface area (Å²) in [7, 11) is 0. The number of likely N-dealkylation sites (tertiary alicyclic amines) is 1. The minimum absolute atomic E-state index is 0.0448. The topological polar surface area (TPSA) is 53.4 Å². The van der Waals surface area contributed by atoms with Gasteiger partial charge in [0, 0.05) is 25.0 Å². The first kappa shape index (κ1) is 16.9. The maximum Gasteiger partial charge on any atom is 0.256 e. The van der Waals surface area contributed by atoms with Crippen LogP contribution in [-0.4, -0.2) is 40.1 Å². The highest BCUT2D eigenvalue weighted by atomic mass is 32.2. The number of carbonyl (C=O) groups excluding carboxylic acids is 1. The molecule has 0 atom stereocenters. The number of thioether (sulfide) groups is 1. The summed E-state index contributed by atoms with van der Waals surface area (Å²) in [6.07, 6.45) is 2.59. The average Bonchev–Trinajstić information content (AvgIpc) is 2.61. The summed E-state index contributed by atoms with van der Waals surface area (Å²) >= 11 is 1.47. The number of nitrogens with zero attached hydrogens (tertiary/aromatic N) is 2. The first-order valence-electron chi connectivity index (χ1n) is 7.93. The fourth-order valence-corrected chi connectivity index (χ4v) is 3.58. The van der Waals surface area contributed by atoms with Gasteiger partial charge in [-0.1, -0.05) is 12.1 Å². The van der Waals surface area contributed by atoms with Gasteiger partial charge in [-0.2, -0.15) is 0 Å². The summed E-state index contributed by atoms with van der Waals surface area (Å²) < 4.78 is 13.0.